The van der Waals surface area contributed by atoms with Crippen molar-refractivity contribution in [1.29, 1.82) is 0 Å². The molecular weight excluding hydrogens is 441 g/mol. The van der Waals surface area contributed by atoms with Crippen molar-refractivity contribution in [2.24, 2.45) is 0 Å². The van der Waals surface area contributed by atoms with Gasteiger partial charge >= 0.3 is 5.97 Å². The summed E-state index contributed by atoms with van der Waals surface area (Å²) >= 11 is 12.2. The second kappa shape index (κ2) is 7.70. The monoisotopic (exact) mass is 455 g/mol. The normalized spacial score (nSPS) is 19.1. The summed E-state index contributed by atoms with van der Waals surface area (Å²) < 4.78 is 38.2. The number of esters is 1. The molecule has 0 spiro atoms. The first-order valence-electron chi connectivity index (χ1n) is 8.24. The zero-order valence-corrected chi connectivity index (χ0v) is 17.6. The number of sulfonamides is 1. The Hall–Kier alpha value is -2.55. The third-order valence-electron chi connectivity index (χ3n) is 4.12. The van der Waals surface area contributed by atoms with E-state index in [1.54, 1.807) is 6.07 Å². The molecule has 0 radical (unpaired) electrons. The largest absolute Gasteiger partial charge is 0.456 e. The molecule has 1 N–H and O–H groups in total. The molecule has 7 nitrogen and oxygen atoms in total. The minimum Gasteiger partial charge on any atom is -0.456 e. The average Bonchev–Trinajstić information content (AvgIpc) is 2.88. The molecule has 1 aliphatic heterocycles. The van der Waals surface area contributed by atoms with E-state index < -0.39 is 39.0 Å². The minimum atomic E-state index is -4.12. The molecule has 0 amide bonds. The number of halogens is 2. The molecule has 1 unspecified atom stereocenters. The Bertz CT molecular complexity index is 1130. The van der Waals surface area contributed by atoms with E-state index in [4.69, 9.17) is 32.7 Å². The molecule has 10 heteroatoms. The maximum atomic E-state index is 13.1. The number of carbonyl (C=O) groups excluding carboxylic acids is 2. The smallest absolute Gasteiger partial charge is 0.308 e. The summed E-state index contributed by atoms with van der Waals surface area (Å²) in [4.78, 5) is 24.5. The highest BCUT2D eigenvalue weighted by Crippen LogP contribution is 2.42. The molecule has 152 valence electrons. The van der Waals surface area contributed by atoms with Crippen molar-refractivity contribution in [3.05, 3.63) is 75.8 Å². The Morgan fingerprint density at radius 2 is 1.79 bits per heavy atom. The summed E-state index contributed by atoms with van der Waals surface area (Å²) in [5.41, 5.74) is -1.57. The number of hydrogen-bond acceptors (Lipinski definition) is 6. The summed E-state index contributed by atoms with van der Waals surface area (Å²) in [7, 11) is -4.12. The maximum Gasteiger partial charge on any atom is 0.308 e. The molecule has 3 rings (SSSR count). The van der Waals surface area contributed by atoms with Gasteiger partial charge in [-0.25, -0.2) is 13.1 Å². The SMILES string of the molecule is CC(=O)OC1=C(NS(=O)(=O)c2ccccc2)OC(C)(c2cc(Cl)ccc2Cl)C1=O. The fraction of sp³-hybridized carbons (Fsp3) is 0.158. The Balaban J connectivity index is 2.06. The van der Waals surface area contributed by atoms with Gasteiger partial charge in [0.05, 0.1) is 4.90 Å². The Morgan fingerprint density at radius 3 is 2.41 bits per heavy atom. The molecular formula is C19H15Cl2NO6S. The predicted molar refractivity (Wildman–Crippen MR) is 105 cm³/mol. The van der Waals surface area contributed by atoms with Gasteiger partial charge in [-0.2, -0.15) is 0 Å². The number of carbonyl (C=O) groups is 2. The van der Waals surface area contributed by atoms with Crippen molar-refractivity contribution >= 4 is 45.0 Å². The third kappa shape index (κ3) is 4.10. The molecule has 2 aromatic rings. The first-order valence-corrected chi connectivity index (χ1v) is 10.5. The zero-order chi connectivity index (χ0) is 21.4. The van der Waals surface area contributed by atoms with Crippen LogP contribution in [0.4, 0.5) is 0 Å². The van der Waals surface area contributed by atoms with E-state index in [1.165, 1.54) is 49.4 Å². The standard InChI is InChI=1S/C19H15Cl2NO6S/c1-11(23)27-16-17(24)19(2,14-10-12(20)8-9-15(14)21)28-18(16)22-29(25,26)13-6-4-3-5-7-13/h3-10,22H,1-2H3. The lowest BCUT2D eigenvalue weighted by atomic mass is 9.91. The molecule has 0 saturated heterocycles. The van der Waals surface area contributed by atoms with Crippen LogP contribution in [0.1, 0.15) is 19.4 Å². The highest BCUT2D eigenvalue weighted by atomic mass is 35.5. The van der Waals surface area contributed by atoms with Gasteiger partial charge in [-0.15, -0.1) is 0 Å². The molecule has 1 heterocycles. The molecule has 1 aliphatic rings. The Kier molecular flexibility index (Phi) is 5.62. The van der Waals surface area contributed by atoms with Crippen LogP contribution in [0.3, 0.4) is 0 Å². The number of benzene rings is 2. The Morgan fingerprint density at radius 1 is 1.14 bits per heavy atom. The molecule has 0 bridgehead atoms. The topological polar surface area (TPSA) is 98.8 Å². The summed E-state index contributed by atoms with van der Waals surface area (Å²) in [5, 5.41) is 0.453. The van der Waals surface area contributed by atoms with Gasteiger partial charge in [-0.05, 0) is 37.3 Å². The molecule has 0 fully saturated rings. The average molecular weight is 456 g/mol. The number of rotatable bonds is 5. The van der Waals surface area contributed by atoms with E-state index in [1.807, 2.05) is 0 Å². The van der Waals surface area contributed by atoms with Crippen molar-refractivity contribution in [3.63, 3.8) is 0 Å². The minimum absolute atomic E-state index is 0.0693. The number of ketones is 1. The van der Waals surface area contributed by atoms with Crippen LogP contribution in [-0.2, 0) is 34.7 Å². The van der Waals surface area contributed by atoms with E-state index in [-0.39, 0.29) is 20.5 Å². The third-order valence-corrected chi connectivity index (χ3v) is 6.03. The van der Waals surface area contributed by atoms with Crippen LogP contribution in [0.2, 0.25) is 10.0 Å². The van der Waals surface area contributed by atoms with Crippen molar-refractivity contribution in [2.45, 2.75) is 24.3 Å². The lowest BCUT2D eigenvalue weighted by Crippen LogP contribution is -2.33. The number of ether oxygens (including phenoxy) is 2. The van der Waals surface area contributed by atoms with Crippen molar-refractivity contribution in [1.82, 2.24) is 4.72 Å². The van der Waals surface area contributed by atoms with Gasteiger partial charge in [0.2, 0.25) is 11.4 Å². The molecule has 0 aliphatic carbocycles. The van der Waals surface area contributed by atoms with Gasteiger partial charge in [0.25, 0.3) is 21.7 Å². The lowest BCUT2D eigenvalue weighted by Gasteiger charge is -2.25. The van der Waals surface area contributed by atoms with Crippen LogP contribution < -0.4 is 4.72 Å². The molecule has 29 heavy (non-hydrogen) atoms. The fourth-order valence-corrected chi connectivity index (χ4v) is 4.22. The molecule has 1 atom stereocenters. The van der Waals surface area contributed by atoms with E-state index in [0.29, 0.717) is 0 Å². The van der Waals surface area contributed by atoms with Crippen LogP contribution in [0.25, 0.3) is 0 Å². The van der Waals surface area contributed by atoms with Crippen molar-refractivity contribution < 1.29 is 27.5 Å². The molecule has 0 saturated carbocycles. The lowest BCUT2D eigenvalue weighted by molar-refractivity contribution is -0.142. The predicted octanol–water partition coefficient (Wildman–Crippen LogP) is 3.52. The maximum absolute atomic E-state index is 13.1. The highest BCUT2D eigenvalue weighted by molar-refractivity contribution is 7.89. The summed E-state index contributed by atoms with van der Waals surface area (Å²) in [6.07, 6.45) is 0. The van der Waals surface area contributed by atoms with E-state index >= 15 is 0 Å². The number of hydrogen-bond donors (Lipinski definition) is 1. The van der Waals surface area contributed by atoms with Crippen LogP contribution in [-0.4, -0.2) is 20.2 Å². The van der Waals surface area contributed by atoms with Crippen LogP contribution in [0, 0.1) is 0 Å². The first-order chi connectivity index (χ1) is 13.5. The first kappa shape index (κ1) is 21.2. The van der Waals surface area contributed by atoms with Gasteiger partial charge in [-0.3, -0.25) is 9.59 Å². The van der Waals surface area contributed by atoms with Crippen molar-refractivity contribution in [2.75, 3.05) is 0 Å². The molecule has 0 aromatic heterocycles. The summed E-state index contributed by atoms with van der Waals surface area (Å²) in [6.45, 7) is 2.45. The second-order valence-corrected chi connectivity index (χ2v) is 8.79. The summed E-state index contributed by atoms with van der Waals surface area (Å²) in [5.74, 6) is -2.71. The quantitative estimate of drug-likeness (QED) is 0.692. The second-order valence-electron chi connectivity index (χ2n) is 6.26. The Labute approximate surface area is 177 Å². The van der Waals surface area contributed by atoms with Crippen LogP contribution in [0.15, 0.2) is 65.1 Å². The highest BCUT2D eigenvalue weighted by Gasteiger charge is 2.51. The molecule has 2 aromatic carbocycles. The zero-order valence-electron chi connectivity index (χ0n) is 15.2. The van der Waals surface area contributed by atoms with E-state index in [0.717, 1.165) is 6.92 Å². The van der Waals surface area contributed by atoms with Gasteiger partial charge in [0.1, 0.15) is 0 Å². The van der Waals surface area contributed by atoms with Crippen molar-refractivity contribution in [3.8, 4) is 0 Å². The van der Waals surface area contributed by atoms with Crippen LogP contribution in [0.5, 0.6) is 0 Å². The fourth-order valence-electron chi connectivity index (χ4n) is 2.74. The van der Waals surface area contributed by atoms with Gasteiger partial charge < -0.3 is 9.47 Å². The van der Waals surface area contributed by atoms with Gasteiger partial charge in [-0.1, -0.05) is 41.4 Å². The van der Waals surface area contributed by atoms with E-state index in [2.05, 4.69) is 4.72 Å². The van der Waals surface area contributed by atoms with Gasteiger partial charge in [0.15, 0.2) is 0 Å². The number of nitrogens with one attached hydrogen (secondary N) is 1. The van der Waals surface area contributed by atoms with Gasteiger partial charge in [0, 0.05) is 22.5 Å². The summed E-state index contributed by atoms with van der Waals surface area (Å²) in [6, 6.07) is 11.8. The van der Waals surface area contributed by atoms with Crippen LogP contribution >= 0.6 is 23.2 Å². The number of Topliss-reactive ketones (excluding diaryl/α,β-unsaturated/α-hetero) is 1. The van der Waals surface area contributed by atoms with E-state index in [9.17, 15) is 18.0 Å².